The van der Waals surface area contributed by atoms with E-state index in [1.54, 1.807) is 13.8 Å². The number of amides is 3. The average Bonchev–Trinajstić information content (AvgIpc) is 2.66. The Morgan fingerprint density at radius 1 is 0.900 bits per heavy atom. The number of rotatable bonds is 14. The molecule has 4 unspecified atom stereocenters. The first-order valence-electron chi connectivity index (χ1n) is 9.93. The van der Waals surface area contributed by atoms with Crippen molar-refractivity contribution < 1.29 is 29.4 Å². The van der Waals surface area contributed by atoms with Gasteiger partial charge in [0.1, 0.15) is 18.1 Å². The van der Waals surface area contributed by atoms with Crippen LogP contribution in [0.1, 0.15) is 40.5 Å². The zero-order valence-electron chi connectivity index (χ0n) is 18.3. The van der Waals surface area contributed by atoms with Gasteiger partial charge in [-0.3, -0.25) is 14.4 Å². The average molecular weight is 449 g/mol. The zero-order chi connectivity index (χ0) is 23.4. The smallest absolute Gasteiger partial charge is 0.326 e. The minimum Gasteiger partial charge on any atom is -0.480 e. The molecule has 174 valence electrons. The normalized spacial score (nSPS) is 15.2. The number of aliphatic hydroxyl groups is 1. The Balaban J connectivity index is 5.20. The maximum absolute atomic E-state index is 12.7. The second kappa shape index (κ2) is 14.2. The van der Waals surface area contributed by atoms with Crippen LogP contribution in [0.4, 0.5) is 0 Å². The molecule has 10 nitrogen and oxygen atoms in total. The molecule has 3 amide bonds. The summed E-state index contributed by atoms with van der Waals surface area (Å²) in [5.74, 6) is -2.71. The first kappa shape index (κ1) is 28.1. The first-order chi connectivity index (χ1) is 13.9. The van der Waals surface area contributed by atoms with Crippen LogP contribution >= 0.6 is 11.8 Å². The molecule has 0 bridgehead atoms. The Bertz CT molecular complexity index is 587. The molecule has 30 heavy (non-hydrogen) atoms. The fourth-order valence-electron chi connectivity index (χ4n) is 2.51. The molecule has 11 heteroatoms. The SMILES string of the molecule is CSCCC(NC(=O)C(CO)NC(=O)C(CC(C)C)NC(=O)C(N)C(C)C)C(=O)O. The van der Waals surface area contributed by atoms with Crippen molar-refractivity contribution in [1.29, 1.82) is 0 Å². The Morgan fingerprint density at radius 2 is 1.40 bits per heavy atom. The number of hydrogen-bond acceptors (Lipinski definition) is 7. The van der Waals surface area contributed by atoms with E-state index in [1.807, 2.05) is 20.1 Å². The number of nitrogens with one attached hydrogen (secondary N) is 3. The summed E-state index contributed by atoms with van der Waals surface area (Å²) in [4.78, 5) is 48.7. The van der Waals surface area contributed by atoms with E-state index in [-0.39, 0.29) is 18.3 Å². The van der Waals surface area contributed by atoms with Crippen LogP contribution in [0.5, 0.6) is 0 Å². The van der Waals surface area contributed by atoms with Crippen molar-refractivity contribution in [2.24, 2.45) is 17.6 Å². The van der Waals surface area contributed by atoms with Crippen molar-refractivity contribution in [3.8, 4) is 0 Å². The number of carbonyl (C=O) groups excluding carboxylic acids is 3. The standard InChI is InChI=1S/C19H36N4O6S/c1-10(2)8-13(22-18(27)15(20)11(3)4)16(25)23-14(9-24)17(26)21-12(19(28)29)6-7-30-5/h10-15,24H,6-9,20H2,1-5H3,(H,21,26)(H,22,27)(H,23,25)(H,28,29). The van der Waals surface area contributed by atoms with Crippen LogP contribution in [0.2, 0.25) is 0 Å². The molecule has 0 radical (unpaired) electrons. The van der Waals surface area contributed by atoms with Gasteiger partial charge in [-0.2, -0.15) is 11.8 Å². The highest BCUT2D eigenvalue weighted by Crippen LogP contribution is 2.08. The molecule has 0 aromatic carbocycles. The summed E-state index contributed by atoms with van der Waals surface area (Å²) in [5, 5.41) is 26.1. The quantitative estimate of drug-likeness (QED) is 0.202. The predicted octanol–water partition coefficient (Wildman–Crippen LogP) is -0.700. The monoisotopic (exact) mass is 448 g/mol. The van der Waals surface area contributed by atoms with E-state index in [0.29, 0.717) is 12.2 Å². The number of carboxylic acids is 1. The minimum atomic E-state index is -1.35. The van der Waals surface area contributed by atoms with E-state index < -0.39 is 54.5 Å². The van der Waals surface area contributed by atoms with Crippen LogP contribution in [-0.2, 0) is 19.2 Å². The molecular formula is C19H36N4O6S. The summed E-state index contributed by atoms with van der Waals surface area (Å²) in [6.45, 7) is 6.58. The van der Waals surface area contributed by atoms with Gasteiger partial charge < -0.3 is 31.9 Å². The van der Waals surface area contributed by atoms with Gasteiger partial charge in [0.25, 0.3) is 0 Å². The molecule has 0 rings (SSSR count). The lowest BCUT2D eigenvalue weighted by atomic mass is 10.00. The van der Waals surface area contributed by atoms with Crippen LogP contribution in [0.15, 0.2) is 0 Å². The Hall–Kier alpha value is -1.85. The lowest BCUT2D eigenvalue weighted by Gasteiger charge is -2.25. The molecule has 0 fully saturated rings. The van der Waals surface area contributed by atoms with E-state index in [2.05, 4.69) is 16.0 Å². The number of aliphatic hydroxyl groups excluding tert-OH is 1. The van der Waals surface area contributed by atoms with Crippen molar-refractivity contribution >= 4 is 35.5 Å². The number of carbonyl (C=O) groups is 4. The van der Waals surface area contributed by atoms with E-state index in [1.165, 1.54) is 11.8 Å². The molecule has 7 N–H and O–H groups in total. The van der Waals surface area contributed by atoms with Crippen molar-refractivity contribution in [3.05, 3.63) is 0 Å². The van der Waals surface area contributed by atoms with Crippen LogP contribution in [-0.4, -0.2) is 76.7 Å². The summed E-state index contributed by atoms with van der Waals surface area (Å²) in [6.07, 6.45) is 2.31. The van der Waals surface area contributed by atoms with E-state index in [0.717, 1.165) is 0 Å². The predicted molar refractivity (Wildman–Crippen MR) is 116 cm³/mol. The van der Waals surface area contributed by atoms with Gasteiger partial charge in [-0.15, -0.1) is 0 Å². The van der Waals surface area contributed by atoms with Crippen LogP contribution < -0.4 is 21.7 Å². The molecule has 0 aliphatic heterocycles. The van der Waals surface area contributed by atoms with Gasteiger partial charge in [0.15, 0.2) is 0 Å². The Labute approximate surface area is 182 Å². The van der Waals surface area contributed by atoms with Gasteiger partial charge in [0.05, 0.1) is 12.6 Å². The van der Waals surface area contributed by atoms with Gasteiger partial charge in [-0.25, -0.2) is 4.79 Å². The molecule has 0 aliphatic rings. The summed E-state index contributed by atoms with van der Waals surface area (Å²) < 4.78 is 0. The lowest BCUT2D eigenvalue weighted by Crippen LogP contribution is -2.58. The van der Waals surface area contributed by atoms with Crippen molar-refractivity contribution in [2.75, 3.05) is 18.6 Å². The number of thioether (sulfide) groups is 1. The molecule has 0 saturated carbocycles. The van der Waals surface area contributed by atoms with Crippen LogP contribution in [0.25, 0.3) is 0 Å². The highest BCUT2D eigenvalue weighted by molar-refractivity contribution is 7.98. The van der Waals surface area contributed by atoms with Gasteiger partial charge in [-0.05, 0) is 36.7 Å². The van der Waals surface area contributed by atoms with Crippen molar-refractivity contribution in [1.82, 2.24) is 16.0 Å². The fourth-order valence-corrected chi connectivity index (χ4v) is 2.98. The van der Waals surface area contributed by atoms with E-state index >= 15 is 0 Å². The molecular weight excluding hydrogens is 412 g/mol. The number of hydrogen-bond donors (Lipinski definition) is 6. The Kier molecular flexibility index (Phi) is 13.3. The molecule has 0 spiro atoms. The summed E-state index contributed by atoms with van der Waals surface area (Å²) in [7, 11) is 0. The maximum Gasteiger partial charge on any atom is 0.326 e. The zero-order valence-corrected chi connectivity index (χ0v) is 19.1. The summed E-state index contributed by atoms with van der Waals surface area (Å²) in [6, 6.07) is -4.22. The van der Waals surface area contributed by atoms with Crippen LogP contribution in [0.3, 0.4) is 0 Å². The molecule has 4 atom stereocenters. The van der Waals surface area contributed by atoms with Crippen molar-refractivity contribution in [2.45, 2.75) is 64.7 Å². The largest absolute Gasteiger partial charge is 0.480 e. The van der Waals surface area contributed by atoms with Crippen molar-refractivity contribution in [3.63, 3.8) is 0 Å². The van der Waals surface area contributed by atoms with Gasteiger partial charge in [0, 0.05) is 0 Å². The second-order valence-corrected chi connectivity index (χ2v) is 8.87. The third-order valence-corrected chi connectivity index (χ3v) is 5.05. The number of nitrogens with two attached hydrogens (primary N) is 1. The van der Waals surface area contributed by atoms with Gasteiger partial charge in [0.2, 0.25) is 17.7 Å². The third-order valence-electron chi connectivity index (χ3n) is 4.40. The highest BCUT2D eigenvalue weighted by atomic mass is 32.2. The lowest BCUT2D eigenvalue weighted by molar-refractivity contribution is -0.142. The van der Waals surface area contributed by atoms with Gasteiger partial charge in [-0.1, -0.05) is 27.7 Å². The summed E-state index contributed by atoms with van der Waals surface area (Å²) >= 11 is 1.43. The minimum absolute atomic E-state index is 0.0562. The Morgan fingerprint density at radius 3 is 1.83 bits per heavy atom. The highest BCUT2D eigenvalue weighted by Gasteiger charge is 2.30. The number of aliphatic carboxylic acids is 1. The maximum atomic E-state index is 12.7. The topological polar surface area (TPSA) is 171 Å². The van der Waals surface area contributed by atoms with Crippen LogP contribution in [0, 0.1) is 11.8 Å². The molecule has 0 heterocycles. The van der Waals surface area contributed by atoms with E-state index in [4.69, 9.17) is 5.73 Å². The second-order valence-electron chi connectivity index (χ2n) is 7.89. The fraction of sp³-hybridized carbons (Fsp3) is 0.789. The molecule has 0 aliphatic carbocycles. The molecule has 0 aromatic heterocycles. The van der Waals surface area contributed by atoms with E-state index in [9.17, 15) is 29.4 Å². The molecule has 0 aromatic rings. The summed E-state index contributed by atoms with van der Waals surface area (Å²) in [5.41, 5.74) is 5.83. The number of carboxylic acid groups (broad SMARTS) is 1. The molecule has 0 saturated heterocycles. The third kappa shape index (κ3) is 10.3. The van der Waals surface area contributed by atoms with Gasteiger partial charge >= 0.3 is 5.97 Å². The first-order valence-corrected chi connectivity index (χ1v) is 11.3.